The van der Waals surface area contributed by atoms with Crippen molar-refractivity contribution in [1.82, 2.24) is 10.6 Å². The normalized spacial score (nSPS) is 13.9. The van der Waals surface area contributed by atoms with Crippen molar-refractivity contribution in [3.63, 3.8) is 0 Å². The van der Waals surface area contributed by atoms with Crippen LogP contribution in [0, 0.1) is 5.92 Å². The van der Waals surface area contributed by atoms with E-state index in [1.165, 1.54) is 31.3 Å². The number of rotatable bonds is 8. The van der Waals surface area contributed by atoms with Gasteiger partial charge >= 0.3 is 0 Å². The van der Waals surface area contributed by atoms with Crippen LogP contribution in [0.15, 0.2) is 34.3 Å². The van der Waals surface area contributed by atoms with Crippen molar-refractivity contribution in [2.45, 2.75) is 52.4 Å². The average molecular weight is 453 g/mol. The van der Waals surface area contributed by atoms with Crippen LogP contribution in [0.2, 0.25) is 0 Å². The molecule has 1 amide bonds. The van der Waals surface area contributed by atoms with E-state index < -0.39 is 0 Å². The number of benzene rings is 1. The van der Waals surface area contributed by atoms with E-state index in [2.05, 4.69) is 46.5 Å². The number of amides is 1. The third kappa shape index (κ3) is 8.01. The van der Waals surface area contributed by atoms with Gasteiger partial charge in [-0.2, -0.15) is 0 Å². The predicted octanol–water partition coefficient (Wildman–Crippen LogP) is 5.37. The summed E-state index contributed by atoms with van der Waals surface area (Å²) >= 11 is 8.70. The number of ether oxygens (including phenoxy) is 1. The number of hydrogen-bond donors (Lipinski definition) is 2. The first-order chi connectivity index (χ1) is 13.0. The summed E-state index contributed by atoms with van der Waals surface area (Å²) in [5.74, 6) is 0.866. The van der Waals surface area contributed by atoms with Crippen molar-refractivity contribution < 1.29 is 9.53 Å². The smallest absolute Gasteiger partial charge is 0.261 e. The van der Waals surface area contributed by atoms with Crippen LogP contribution in [0.3, 0.4) is 0 Å². The van der Waals surface area contributed by atoms with E-state index in [4.69, 9.17) is 17.0 Å². The van der Waals surface area contributed by atoms with Crippen LogP contribution < -0.4 is 15.4 Å². The molecule has 0 unspecified atom stereocenters. The standard InChI is InChI=1S/C21H29BrN2O2S/c1-15(2)11-13-26-19-9-8-17(22)14-18(19)20(25)24-21(27)23-12-10-16-6-4-3-5-7-16/h6,8-9,14-15H,3-5,7,10-13H2,1-2H3,(H2,23,24,25,27). The zero-order valence-corrected chi connectivity index (χ0v) is 18.5. The number of thiocarbonyl (C=S) groups is 1. The molecule has 1 aromatic rings. The van der Waals surface area contributed by atoms with Gasteiger partial charge in [0.05, 0.1) is 12.2 Å². The third-order valence-corrected chi connectivity index (χ3v) is 5.22. The van der Waals surface area contributed by atoms with Crippen LogP contribution >= 0.6 is 28.1 Å². The molecule has 2 N–H and O–H groups in total. The minimum Gasteiger partial charge on any atom is -0.493 e. The monoisotopic (exact) mass is 452 g/mol. The van der Waals surface area contributed by atoms with Crippen LogP contribution in [0.5, 0.6) is 5.75 Å². The molecule has 0 spiro atoms. The Kier molecular flexibility index (Phi) is 9.28. The largest absolute Gasteiger partial charge is 0.493 e. The van der Waals surface area contributed by atoms with Gasteiger partial charge in [0, 0.05) is 11.0 Å². The van der Waals surface area contributed by atoms with Crippen molar-refractivity contribution in [1.29, 1.82) is 0 Å². The maximum absolute atomic E-state index is 12.6. The molecule has 148 valence electrons. The molecule has 0 bridgehead atoms. The molecular formula is C21H29BrN2O2S. The topological polar surface area (TPSA) is 50.4 Å². The van der Waals surface area contributed by atoms with Crippen molar-refractivity contribution in [3.8, 4) is 5.75 Å². The Labute approximate surface area is 176 Å². The van der Waals surface area contributed by atoms with Gasteiger partial charge in [-0.05, 0) is 74.9 Å². The first-order valence-electron chi connectivity index (χ1n) is 9.65. The molecule has 0 atom stereocenters. The van der Waals surface area contributed by atoms with Gasteiger partial charge in [0.15, 0.2) is 5.11 Å². The number of allylic oxidation sites excluding steroid dienone is 1. The maximum atomic E-state index is 12.6. The fourth-order valence-corrected chi connectivity index (χ4v) is 3.45. The second-order valence-corrected chi connectivity index (χ2v) is 8.56. The molecule has 0 aliphatic heterocycles. The van der Waals surface area contributed by atoms with E-state index in [1.807, 2.05) is 12.1 Å². The lowest BCUT2D eigenvalue weighted by molar-refractivity contribution is 0.0972. The molecule has 0 saturated heterocycles. The van der Waals surface area contributed by atoms with Gasteiger partial charge in [0.2, 0.25) is 0 Å². The Hall–Kier alpha value is -1.40. The quantitative estimate of drug-likeness (QED) is 0.411. The molecule has 0 saturated carbocycles. The van der Waals surface area contributed by atoms with Crippen LogP contribution in [0.25, 0.3) is 0 Å². The molecule has 1 aliphatic carbocycles. The lowest BCUT2D eigenvalue weighted by Crippen LogP contribution is -2.39. The van der Waals surface area contributed by atoms with Gasteiger partial charge in [-0.1, -0.05) is 41.4 Å². The maximum Gasteiger partial charge on any atom is 0.261 e. The molecular weight excluding hydrogens is 424 g/mol. The highest BCUT2D eigenvalue weighted by Crippen LogP contribution is 2.24. The number of hydrogen-bond acceptors (Lipinski definition) is 3. The molecule has 4 nitrogen and oxygen atoms in total. The first kappa shape index (κ1) is 21.9. The third-order valence-electron chi connectivity index (χ3n) is 4.48. The summed E-state index contributed by atoms with van der Waals surface area (Å²) in [6.07, 6.45) is 9.16. The number of carbonyl (C=O) groups excluding carboxylic acids is 1. The summed E-state index contributed by atoms with van der Waals surface area (Å²) in [6.45, 7) is 5.61. The van der Waals surface area contributed by atoms with E-state index in [9.17, 15) is 4.79 Å². The van der Waals surface area contributed by atoms with Gasteiger partial charge in [-0.15, -0.1) is 0 Å². The fourth-order valence-electron chi connectivity index (χ4n) is 2.89. The van der Waals surface area contributed by atoms with E-state index in [-0.39, 0.29) is 5.91 Å². The number of halogens is 1. The van der Waals surface area contributed by atoms with Gasteiger partial charge in [0.1, 0.15) is 5.75 Å². The summed E-state index contributed by atoms with van der Waals surface area (Å²) in [5, 5.41) is 6.24. The Bertz CT molecular complexity index is 689. The highest BCUT2D eigenvalue weighted by Gasteiger charge is 2.15. The molecule has 1 aliphatic rings. The highest BCUT2D eigenvalue weighted by atomic mass is 79.9. The van der Waals surface area contributed by atoms with Crippen LogP contribution in [0.4, 0.5) is 0 Å². The molecule has 0 heterocycles. The second kappa shape index (κ2) is 11.4. The van der Waals surface area contributed by atoms with Crippen LogP contribution in [0.1, 0.15) is 62.7 Å². The van der Waals surface area contributed by atoms with Gasteiger partial charge in [-0.3, -0.25) is 10.1 Å². The minimum atomic E-state index is -0.259. The van der Waals surface area contributed by atoms with E-state index in [0.29, 0.717) is 29.0 Å². The average Bonchev–Trinajstić information content (AvgIpc) is 2.63. The Morgan fingerprint density at radius 3 is 2.85 bits per heavy atom. The zero-order chi connectivity index (χ0) is 19.6. The Balaban J connectivity index is 1.86. The predicted molar refractivity (Wildman–Crippen MR) is 118 cm³/mol. The van der Waals surface area contributed by atoms with Crippen LogP contribution in [-0.2, 0) is 0 Å². The van der Waals surface area contributed by atoms with Gasteiger partial charge in [-0.25, -0.2) is 0 Å². The van der Waals surface area contributed by atoms with E-state index >= 15 is 0 Å². The number of carbonyl (C=O) groups is 1. The Morgan fingerprint density at radius 1 is 1.33 bits per heavy atom. The Morgan fingerprint density at radius 2 is 2.15 bits per heavy atom. The van der Waals surface area contributed by atoms with Crippen molar-refractivity contribution >= 4 is 39.2 Å². The molecule has 2 rings (SSSR count). The summed E-state index contributed by atoms with van der Waals surface area (Å²) in [6, 6.07) is 5.44. The van der Waals surface area contributed by atoms with Crippen LogP contribution in [-0.4, -0.2) is 24.2 Å². The first-order valence-corrected chi connectivity index (χ1v) is 10.8. The summed E-state index contributed by atoms with van der Waals surface area (Å²) in [7, 11) is 0. The zero-order valence-electron chi connectivity index (χ0n) is 16.1. The van der Waals surface area contributed by atoms with Gasteiger partial charge < -0.3 is 10.1 Å². The molecule has 27 heavy (non-hydrogen) atoms. The van der Waals surface area contributed by atoms with Gasteiger partial charge in [0.25, 0.3) is 5.91 Å². The highest BCUT2D eigenvalue weighted by molar-refractivity contribution is 9.10. The summed E-state index contributed by atoms with van der Waals surface area (Å²) in [5.41, 5.74) is 1.96. The molecule has 0 fully saturated rings. The SMILES string of the molecule is CC(C)CCOc1ccc(Br)cc1C(=O)NC(=S)NCCC1=CCCCC1. The molecule has 6 heteroatoms. The summed E-state index contributed by atoms with van der Waals surface area (Å²) < 4.78 is 6.64. The summed E-state index contributed by atoms with van der Waals surface area (Å²) in [4.78, 5) is 12.6. The fraction of sp³-hybridized carbons (Fsp3) is 0.524. The van der Waals surface area contributed by atoms with E-state index in [1.54, 1.807) is 6.07 Å². The lowest BCUT2D eigenvalue weighted by Gasteiger charge is -2.15. The number of nitrogens with one attached hydrogen (secondary N) is 2. The molecule has 0 aromatic heterocycles. The second-order valence-electron chi connectivity index (χ2n) is 7.24. The van der Waals surface area contributed by atoms with E-state index in [0.717, 1.165) is 23.9 Å². The van der Waals surface area contributed by atoms with Crippen molar-refractivity contribution in [3.05, 3.63) is 39.9 Å². The minimum absolute atomic E-state index is 0.259. The lowest BCUT2D eigenvalue weighted by atomic mass is 9.97. The molecule has 0 radical (unpaired) electrons. The van der Waals surface area contributed by atoms with Crippen molar-refractivity contribution in [2.24, 2.45) is 5.92 Å². The van der Waals surface area contributed by atoms with Crippen molar-refractivity contribution in [2.75, 3.05) is 13.2 Å². The molecule has 1 aromatic carbocycles.